The molecule has 2 nitrogen and oxygen atoms in total. The lowest BCUT2D eigenvalue weighted by Gasteiger charge is -2.15. The highest BCUT2D eigenvalue weighted by Gasteiger charge is 2.23. The standard InChI is InChI=1S/C27H25NO/c1-20(2)27-26(25(29)18-17-21-11-5-3-6-12-21)23-15-9-10-16-24(23)28(27)19-22-13-7-4-8-14-22/h3-18,20H,19H2,1-2H3/b18-17+. The average Bonchev–Trinajstić information content (AvgIpc) is 3.08. The number of fused-ring (bicyclic) bond motifs is 1. The second-order valence-corrected chi connectivity index (χ2v) is 7.61. The number of nitrogens with zero attached hydrogens (tertiary/aromatic N) is 1. The second-order valence-electron chi connectivity index (χ2n) is 7.61. The Bertz CT molecular complexity index is 1150. The van der Waals surface area contributed by atoms with Crippen LogP contribution in [0.1, 0.15) is 46.9 Å². The predicted molar refractivity (Wildman–Crippen MR) is 121 cm³/mol. The van der Waals surface area contributed by atoms with E-state index in [9.17, 15) is 4.79 Å². The summed E-state index contributed by atoms with van der Waals surface area (Å²) in [4.78, 5) is 13.3. The Morgan fingerprint density at radius 1 is 0.862 bits per heavy atom. The van der Waals surface area contributed by atoms with Crippen LogP contribution >= 0.6 is 0 Å². The number of benzene rings is 3. The number of carbonyl (C=O) groups excluding carboxylic acids is 1. The Hall–Kier alpha value is -3.39. The van der Waals surface area contributed by atoms with Crippen molar-refractivity contribution in [3.63, 3.8) is 0 Å². The van der Waals surface area contributed by atoms with Crippen molar-refractivity contribution in [3.8, 4) is 0 Å². The fraction of sp³-hybridized carbons (Fsp3) is 0.148. The molecule has 2 heteroatoms. The molecule has 0 amide bonds. The van der Waals surface area contributed by atoms with Gasteiger partial charge in [-0.25, -0.2) is 0 Å². The number of carbonyl (C=O) groups is 1. The number of rotatable bonds is 6. The second kappa shape index (κ2) is 8.32. The summed E-state index contributed by atoms with van der Waals surface area (Å²) in [6.45, 7) is 5.07. The topological polar surface area (TPSA) is 22.0 Å². The minimum Gasteiger partial charge on any atom is -0.339 e. The fourth-order valence-corrected chi connectivity index (χ4v) is 3.94. The number of hydrogen-bond acceptors (Lipinski definition) is 1. The molecular weight excluding hydrogens is 354 g/mol. The molecule has 0 atom stereocenters. The van der Waals surface area contributed by atoms with E-state index in [1.165, 1.54) is 5.56 Å². The zero-order valence-corrected chi connectivity index (χ0v) is 16.9. The van der Waals surface area contributed by atoms with E-state index in [0.29, 0.717) is 0 Å². The van der Waals surface area contributed by atoms with Crippen LogP contribution in [0.5, 0.6) is 0 Å². The molecule has 1 aromatic heterocycles. The largest absolute Gasteiger partial charge is 0.339 e. The van der Waals surface area contributed by atoms with E-state index in [1.807, 2.05) is 54.6 Å². The SMILES string of the molecule is CC(C)c1c(C(=O)/C=C/c2ccccc2)c2ccccc2n1Cc1ccccc1. The van der Waals surface area contributed by atoms with Gasteiger partial charge in [0, 0.05) is 23.1 Å². The summed E-state index contributed by atoms with van der Waals surface area (Å²) in [5.41, 5.74) is 5.28. The zero-order valence-electron chi connectivity index (χ0n) is 16.9. The maximum Gasteiger partial charge on any atom is 0.188 e. The molecule has 0 aliphatic carbocycles. The lowest BCUT2D eigenvalue weighted by Crippen LogP contribution is -2.09. The summed E-state index contributed by atoms with van der Waals surface area (Å²) in [5, 5.41) is 1.02. The highest BCUT2D eigenvalue weighted by Crippen LogP contribution is 2.32. The predicted octanol–water partition coefficient (Wildman–Crippen LogP) is 6.71. The molecule has 0 spiro atoms. The quantitative estimate of drug-likeness (QED) is 0.269. The third-order valence-electron chi connectivity index (χ3n) is 5.21. The van der Waals surface area contributed by atoms with Crippen molar-refractivity contribution in [2.75, 3.05) is 0 Å². The van der Waals surface area contributed by atoms with Gasteiger partial charge in [-0.15, -0.1) is 0 Å². The Kier molecular flexibility index (Phi) is 5.44. The third kappa shape index (κ3) is 3.93. The summed E-state index contributed by atoms with van der Waals surface area (Å²) in [6.07, 6.45) is 3.60. The molecule has 3 aromatic carbocycles. The van der Waals surface area contributed by atoms with Crippen LogP contribution in [0.2, 0.25) is 0 Å². The zero-order chi connectivity index (χ0) is 20.2. The van der Waals surface area contributed by atoms with Gasteiger partial charge in [-0.3, -0.25) is 4.79 Å². The molecule has 1 heterocycles. The Labute approximate surface area is 172 Å². The number of para-hydroxylation sites is 1. The van der Waals surface area contributed by atoms with Gasteiger partial charge in [0.05, 0.1) is 5.56 Å². The maximum atomic E-state index is 13.3. The van der Waals surface area contributed by atoms with Gasteiger partial charge < -0.3 is 4.57 Å². The molecule has 29 heavy (non-hydrogen) atoms. The van der Waals surface area contributed by atoms with Crippen LogP contribution in [-0.4, -0.2) is 10.4 Å². The van der Waals surface area contributed by atoms with Gasteiger partial charge in [-0.1, -0.05) is 98.8 Å². The monoisotopic (exact) mass is 379 g/mol. The van der Waals surface area contributed by atoms with Gasteiger partial charge in [0.25, 0.3) is 0 Å². The van der Waals surface area contributed by atoms with Crippen molar-refractivity contribution >= 4 is 22.8 Å². The number of aromatic nitrogens is 1. The minimum atomic E-state index is 0.0561. The molecule has 0 bridgehead atoms. The summed E-state index contributed by atoms with van der Waals surface area (Å²) >= 11 is 0. The van der Waals surface area contributed by atoms with Crippen molar-refractivity contribution in [3.05, 3.63) is 113 Å². The summed E-state index contributed by atoms with van der Waals surface area (Å²) in [6, 6.07) is 28.6. The molecule has 0 fully saturated rings. The molecule has 0 aliphatic heterocycles. The smallest absolute Gasteiger partial charge is 0.188 e. The van der Waals surface area contributed by atoms with Crippen LogP contribution in [0.4, 0.5) is 0 Å². The molecule has 144 valence electrons. The van der Waals surface area contributed by atoms with E-state index >= 15 is 0 Å². The van der Waals surface area contributed by atoms with E-state index in [1.54, 1.807) is 6.08 Å². The lowest BCUT2D eigenvalue weighted by molar-refractivity contribution is 0.104. The number of ketones is 1. The first-order chi connectivity index (χ1) is 14.1. The van der Waals surface area contributed by atoms with Crippen molar-refractivity contribution in [2.24, 2.45) is 0 Å². The van der Waals surface area contributed by atoms with Crippen LogP contribution < -0.4 is 0 Å². The number of hydrogen-bond donors (Lipinski definition) is 0. The molecule has 0 saturated carbocycles. The first-order valence-electron chi connectivity index (χ1n) is 10.1. The summed E-state index contributed by atoms with van der Waals surface area (Å²) in [5.74, 6) is 0.288. The van der Waals surface area contributed by atoms with E-state index in [2.05, 4.69) is 54.8 Å². The average molecular weight is 380 g/mol. The van der Waals surface area contributed by atoms with E-state index in [4.69, 9.17) is 0 Å². The minimum absolute atomic E-state index is 0.0561. The summed E-state index contributed by atoms with van der Waals surface area (Å²) in [7, 11) is 0. The van der Waals surface area contributed by atoms with Crippen LogP contribution in [-0.2, 0) is 6.54 Å². The van der Waals surface area contributed by atoms with Crippen LogP contribution in [0.3, 0.4) is 0 Å². The highest BCUT2D eigenvalue weighted by atomic mass is 16.1. The Morgan fingerprint density at radius 2 is 1.48 bits per heavy atom. The van der Waals surface area contributed by atoms with Gasteiger partial charge in [-0.05, 0) is 29.2 Å². The van der Waals surface area contributed by atoms with E-state index in [-0.39, 0.29) is 11.7 Å². The van der Waals surface area contributed by atoms with Crippen LogP contribution in [0.15, 0.2) is 91.0 Å². The van der Waals surface area contributed by atoms with E-state index in [0.717, 1.165) is 34.3 Å². The van der Waals surface area contributed by atoms with Gasteiger partial charge in [-0.2, -0.15) is 0 Å². The molecule has 0 saturated heterocycles. The van der Waals surface area contributed by atoms with Gasteiger partial charge >= 0.3 is 0 Å². The fourth-order valence-electron chi connectivity index (χ4n) is 3.94. The maximum absolute atomic E-state index is 13.3. The molecule has 0 aliphatic rings. The lowest BCUT2D eigenvalue weighted by atomic mass is 9.99. The van der Waals surface area contributed by atoms with Crippen molar-refractivity contribution < 1.29 is 4.79 Å². The molecule has 0 N–H and O–H groups in total. The Morgan fingerprint density at radius 3 is 2.17 bits per heavy atom. The first kappa shape index (κ1) is 18.9. The van der Waals surface area contributed by atoms with E-state index < -0.39 is 0 Å². The Balaban J connectivity index is 1.84. The highest BCUT2D eigenvalue weighted by molar-refractivity contribution is 6.16. The molecule has 4 rings (SSSR count). The van der Waals surface area contributed by atoms with Gasteiger partial charge in [0.2, 0.25) is 0 Å². The third-order valence-corrected chi connectivity index (χ3v) is 5.21. The first-order valence-corrected chi connectivity index (χ1v) is 10.1. The molecule has 0 radical (unpaired) electrons. The number of allylic oxidation sites excluding steroid dienone is 1. The molecular formula is C27H25NO. The van der Waals surface area contributed by atoms with Crippen molar-refractivity contribution in [2.45, 2.75) is 26.3 Å². The van der Waals surface area contributed by atoms with Gasteiger partial charge in [0.15, 0.2) is 5.78 Å². The van der Waals surface area contributed by atoms with Crippen LogP contribution in [0, 0.1) is 0 Å². The van der Waals surface area contributed by atoms with Gasteiger partial charge in [0.1, 0.15) is 0 Å². The van der Waals surface area contributed by atoms with Crippen molar-refractivity contribution in [1.29, 1.82) is 0 Å². The normalized spacial score (nSPS) is 11.6. The van der Waals surface area contributed by atoms with Crippen molar-refractivity contribution in [1.82, 2.24) is 4.57 Å². The van der Waals surface area contributed by atoms with Crippen LogP contribution in [0.25, 0.3) is 17.0 Å². The molecule has 0 unspecified atom stereocenters. The molecule has 4 aromatic rings. The summed E-state index contributed by atoms with van der Waals surface area (Å²) < 4.78 is 2.30.